The third-order valence-corrected chi connectivity index (χ3v) is 4.28. The van der Waals surface area contributed by atoms with Crippen LogP contribution in [0, 0.1) is 0 Å². The van der Waals surface area contributed by atoms with Gasteiger partial charge in [-0.2, -0.15) is 0 Å². The van der Waals surface area contributed by atoms with E-state index >= 15 is 0 Å². The van der Waals surface area contributed by atoms with Crippen LogP contribution in [0.15, 0.2) is 29.3 Å². The molecule has 0 aliphatic carbocycles. The van der Waals surface area contributed by atoms with Crippen molar-refractivity contribution in [2.45, 2.75) is 38.8 Å². The number of methoxy groups -OCH3 is 1. The van der Waals surface area contributed by atoms with Crippen LogP contribution in [-0.2, 0) is 20.8 Å². The van der Waals surface area contributed by atoms with E-state index in [0.717, 1.165) is 69.4 Å². The zero-order valence-corrected chi connectivity index (χ0v) is 20.0. The Morgan fingerprint density at radius 3 is 2.86 bits per heavy atom. The minimum Gasteiger partial charge on any atom is -0.493 e. The van der Waals surface area contributed by atoms with Crippen molar-refractivity contribution in [1.29, 1.82) is 0 Å². The number of guanidine groups is 1. The van der Waals surface area contributed by atoms with Gasteiger partial charge in [0.15, 0.2) is 5.96 Å². The first kappa shape index (κ1) is 25.9. The van der Waals surface area contributed by atoms with Gasteiger partial charge in [0.2, 0.25) is 0 Å². The van der Waals surface area contributed by atoms with Gasteiger partial charge >= 0.3 is 0 Å². The molecule has 1 saturated heterocycles. The van der Waals surface area contributed by atoms with Crippen LogP contribution in [0.2, 0.25) is 0 Å². The molecule has 2 rings (SSSR count). The van der Waals surface area contributed by atoms with E-state index in [2.05, 4.69) is 28.6 Å². The van der Waals surface area contributed by atoms with Crippen molar-refractivity contribution in [3.8, 4) is 5.75 Å². The fourth-order valence-electron chi connectivity index (χ4n) is 2.81. The molecule has 29 heavy (non-hydrogen) atoms. The van der Waals surface area contributed by atoms with Crippen LogP contribution in [0.5, 0.6) is 5.75 Å². The van der Waals surface area contributed by atoms with E-state index in [1.807, 2.05) is 18.2 Å². The Kier molecular flexibility index (Phi) is 14.9. The number of hydrogen-bond acceptors (Lipinski definition) is 5. The van der Waals surface area contributed by atoms with Gasteiger partial charge < -0.3 is 29.6 Å². The molecule has 1 atom stereocenters. The van der Waals surface area contributed by atoms with Crippen molar-refractivity contribution in [2.75, 3.05) is 53.2 Å². The standard InChI is InChI=1S/C21H35N3O4.HI/c1-3-22-21(23-10-5-12-28-20-9-14-26-17-20)24-16-18-7-4-8-19(15-18)27-13-6-11-25-2;/h4,7-8,15,20H,3,5-6,9-14,16-17H2,1-2H3,(H2,22,23,24);1H. The molecule has 1 unspecified atom stereocenters. The molecule has 0 amide bonds. The van der Waals surface area contributed by atoms with Crippen LogP contribution in [0.1, 0.15) is 31.7 Å². The normalized spacial score (nSPS) is 16.3. The monoisotopic (exact) mass is 521 g/mol. The summed E-state index contributed by atoms with van der Waals surface area (Å²) in [6.45, 7) is 7.96. The lowest BCUT2D eigenvalue weighted by Crippen LogP contribution is -2.38. The Morgan fingerprint density at radius 1 is 1.21 bits per heavy atom. The summed E-state index contributed by atoms with van der Waals surface area (Å²) in [5, 5.41) is 6.64. The number of rotatable bonds is 13. The van der Waals surface area contributed by atoms with E-state index in [4.69, 9.17) is 18.9 Å². The average molecular weight is 521 g/mol. The molecule has 0 radical (unpaired) electrons. The fourth-order valence-corrected chi connectivity index (χ4v) is 2.81. The third-order valence-electron chi connectivity index (χ3n) is 4.28. The van der Waals surface area contributed by atoms with E-state index in [9.17, 15) is 0 Å². The first-order valence-electron chi connectivity index (χ1n) is 10.2. The summed E-state index contributed by atoms with van der Waals surface area (Å²) in [4.78, 5) is 4.67. The van der Waals surface area contributed by atoms with Crippen molar-refractivity contribution in [2.24, 2.45) is 4.99 Å². The minimum absolute atomic E-state index is 0. The van der Waals surface area contributed by atoms with Crippen LogP contribution in [0.3, 0.4) is 0 Å². The summed E-state index contributed by atoms with van der Waals surface area (Å²) >= 11 is 0. The largest absolute Gasteiger partial charge is 0.493 e. The molecular formula is C21H36IN3O4. The zero-order valence-electron chi connectivity index (χ0n) is 17.7. The van der Waals surface area contributed by atoms with Crippen LogP contribution < -0.4 is 15.4 Å². The van der Waals surface area contributed by atoms with Gasteiger partial charge in [-0.3, -0.25) is 0 Å². The van der Waals surface area contributed by atoms with E-state index in [1.54, 1.807) is 7.11 Å². The Labute approximate surface area is 191 Å². The molecule has 1 aromatic rings. The van der Waals surface area contributed by atoms with Crippen LogP contribution in [0.4, 0.5) is 0 Å². The Balaban J connectivity index is 0.00000420. The van der Waals surface area contributed by atoms with Crippen molar-refractivity contribution in [1.82, 2.24) is 10.6 Å². The van der Waals surface area contributed by atoms with Crippen molar-refractivity contribution >= 4 is 29.9 Å². The van der Waals surface area contributed by atoms with Gasteiger partial charge in [0.25, 0.3) is 0 Å². The van der Waals surface area contributed by atoms with Gasteiger partial charge in [-0.15, -0.1) is 24.0 Å². The number of nitrogens with one attached hydrogen (secondary N) is 2. The zero-order chi connectivity index (χ0) is 19.9. The molecule has 1 aliphatic heterocycles. The number of ether oxygens (including phenoxy) is 4. The molecule has 0 saturated carbocycles. The number of nitrogens with zero attached hydrogens (tertiary/aromatic N) is 1. The van der Waals surface area contributed by atoms with Crippen LogP contribution in [-0.4, -0.2) is 65.3 Å². The second-order valence-electron chi connectivity index (χ2n) is 6.67. The molecule has 166 valence electrons. The smallest absolute Gasteiger partial charge is 0.191 e. The van der Waals surface area contributed by atoms with Crippen LogP contribution >= 0.6 is 24.0 Å². The second kappa shape index (κ2) is 16.7. The molecule has 0 aromatic heterocycles. The molecule has 0 spiro atoms. The molecule has 1 aliphatic rings. The molecule has 1 heterocycles. The molecule has 1 fully saturated rings. The summed E-state index contributed by atoms with van der Waals surface area (Å²) in [5.74, 6) is 1.69. The molecule has 7 nitrogen and oxygen atoms in total. The Hall–Kier alpha value is -1.10. The lowest BCUT2D eigenvalue weighted by Gasteiger charge is -2.13. The highest BCUT2D eigenvalue weighted by Gasteiger charge is 2.15. The second-order valence-corrected chi connectivity index (χ2v) is 6.67. The molecule has 0 bridgehead atoms. The van der Waals surface area contributed by atoms with Crippen LogP contribution in [0.25, 0.3) is 0 Å². The van der Waals surface area contributed by atoms with Gasteiger partial charge in [0.1, 0.15) is 5.75 Å². The van der Waals surface area contributed by atoms with Crippen molar-refractivity contribution in [3.05, 3.63) is 29.8 Å². The fraction of sp³-hybridized carbons (Fsp3) is 0.667. The Morgan fingerprint density at radius 2 is 2.10 bits per heavy atom. The number of hydrogen-bond donors (Lipinski definition) is 2. The summed E-state index contributed by atoms with van der Waals surface area (Å²) in [6.07, 6.45) is 3.09. The lowest BCUT2D eigenvalue weighted by molar-refractivity contribution is 0.0420. The highest BCUT2D eigenvalue weighted by molar-refractivity contribution is 14.0. The van der Waals surface area contributed by atoms with Gasteiger partial charge in [-0.1, -0.05) is 12.1 Å². The number of benzene rings is 1. The van der Waals surface area contributed by atoms with Gasteiger partial charge in [-0.25, -0.2) is 4.99 Å². The van der Waals surface area contributed by atoms with Gasteiger partial charge in [0, 0.05) is 46.4 Å². The Bertz CT molecular complexity index is 569. The first-order valence-corrected chi connectivity index (χ1v) is 10.2. The lowest BCUT2D eigenvalue weighted by atomic mass is 10.2. The number of aliphatic imine (C=N–C) groups is 1. The predicted molar refractivity (Wildman–Crippen MR) is 126 cm³/mol. The summed E-state index contributed by atoms with van der Waals surface area (Å²) < 4.78 is 21.9. The topological polar surface area (TPSA) is 73.3 Å². The maximum absolute atomic E-state index is 5.79. The minimum atomic E-state index is 0. The molecule has 1 aromatic carbocycles. The first-order chi connectivity index (χ1) is 13.8. The van der Waals surface area contributed by atoms with Gasteiger partial charge in [-0.05, 0) is 37.5 Å². The number of halogens is 1. The average Bonchev–Trinajstić information content (AvgIpc) is 3.23. The third kappa shape index (κ3) is 11.6. The van der Waals surface area contributed by atoms with E-state index in [1.165, 1.54) is 0 Å². The SMILES string of the molecule is CCNC(=NCc1cccc(OCCCOC)c1)NCCCOC1CCOC1.I. The summed E-state index contributed by atoms with van der Waals surface area (Å²) in [7, 11) is 1.70. The maximum atomic E-state index is 5.79. The predicted octanol–water partition coefficient (Wildman–Crippen LogP) is 2.97. The van der Waals surface area contributed by atoms with Crippen molar-refractivity contribution < 1.29 is 18.9 Å². The van der Waals surface area contributed by atoms with E-state index in [0.29, 0.717) is 19.8 Å². The molecule has 8 heteroatoms. The van der Waals surface area contributed by atoms with E-state index < -0.39 is 0 Å². The van der Waals surface area contributed by atoms with E-state index in [-0.39, 0.29) is 30.1 Å². The molecular weight excluding hydrogens is 485 g/mol. The quantitative estimate of drug-likeness (QED) is 0.180. The van der Waals surface area contributed by atoms with Crippen molar-refractivity contribution in [3.63, 3.8) is 0 Å². The maximum Gasteiger partial charge on any atom is 0.191 e. The summed E-state index contributed by atoms with van der Waals surface area (Å²) in [5.41, 5.74) is 1.12. The van der Waals surface area contributed by atoms with Gasteiger partial charge in [0.05, 0.1) is 25.9 Å². The summed E-state index contributed by atoms with van der Waals surface area (Å²) in [6, 6.07) is 8.07. The highest BCUT2D eigenvalue weighted by atomic mass is 127. The molecule has 2 N–H and O–H groups in total. The highest BCUT2D eigenvalue weighted by Crippen LogP contribution is 2.14.